The van der Waals surface area contributed by atoms with Gasteiger partial charge in [-0.05, 0) is 89.0 Å². The Morgan fingerprint density at radius 1 is 0.351 bits per heavy atom. The van der Waals surface area contributed by atoms with Crippen molar-refractivity contribution in [3.63, 3.8) is 0 Å². The van der Waals surface area contributed by atoms with Gasteiger partial charge >= 0.3 is 0 Å². The van der Waals surface area contributed by atoms with E-state index in [1.54, 1.807) is 0 Å². The van der Waals surface area contributed by atoms with Crippen LogP contribution in [0.4, 0.5) is 0 Å². The number of aromatic nitrogens is 2. The quantitative estimate of drug-likeness (QED) is 0.175. The third-order valence-corrected chi connectivity index (χ3v) is 14.2. The first kappa shape index (κ1) is 31.3. The van der Waals surface area contributed by atoms with Crippen molar-refractivity contribution in [2.75, 3.05) is 0 Å². The largest absolute Gasteiger partial charge is 0.456 e. The van der Waals surface area contributed by atoms with Crippen molar-refractivity contribution in [1.82, 2.24) is 9.13 Å². The van der Waals surface area contributed by atoms with Gasteiger partial charge in [-0.3, -0.25) is 0 Å². The van der Waals surface area contributed by atoms with Crippen molar-refractivity contribution < 1.29 is 4.42 Å². The van der Waals surface area contributed by atoms with Gasteiger partial charge in [0.15, 0.2) is 0 Å². The molecule has 13 aromatic rings. The summed E-state index contributed by atoms with van der Waals surface area (Å²) in [5.74, 6) is 0. The first-order chi connectivity index (χ1) is 28.3. The zero-order valence-electron chi connectivity index (χ0n) is 30.4. The summed E-state index contributed by atoms with van der Waals surface area (Å²) in [5.41, 5.74) is 13.9. The number of hydrogen-bond donors (Lipinski definition) is 0. The van der Waals surface area contributed by atoms with Crippen molar-refractivity contribution in [3.8, 4) is 33.6 Å². The molecule has 0 aliphatic rings. The Kier molecular flexibility index (Phi) is 6.48. The number of para-hydroxylation sites is 4. The predicted octanol–water partition coefficient (Wildman–Crippen LogP) is 15.5. The molecule has 0 bridgehead atoms. The van der Waals surface area contributed by atoms with Crippen molar-refractivity contribution in [2.24, 2.45) is 0 Å². The van der Waals surface area contributed by atoms with Crippen molar-refractivity contribution in [1.29, 1.82) is 0 Å². The fourth-order valence-electron chi connectivity index (χ4n) is 9.18. The number of nitrogens with zero attached hydrogens (tertiary/aromatic N) is 2. The van der Waals surface area contributed by atoms with Crippen LogP contribution in [0.3, 0.4) is 0 Å². The molecule has 0 aliphatic heterocycles. The summed E-state index contributed by atoms with van der Waals surface area (Å²) in [6.45, 7) is 0. The van der Waals surface area contributed by atoms with Crippen LogP contribution in [-0.4, -0.2) is 9.13 Å². The molecular weight excluding hydrogens is 733 g/mol. The van der Waals surface area contributed by atoms with E-state index < -0.39 is 0 Å². The minimum absolute atomic E-state index is 0.904. The molecule has 0 unspecified atom stereocenters. The first-order valence-electron chi connectivity index (χ1n) is 19.3. The summed E-state index contributed by atoms with van der Waals surface area (Å²) in [7, 11) is 0. The van der Waals surface area contributed by atoms with Crippen LogP contribution in [0.5, 0.6) is 0 Å². The van der Waals surface area contributed by atoms with Gasteiger partial charge in [0, 0.05) is 53.1 Å². The molecule has 0 fully saturated rings. The third kappa shape index (κ3) is 4.47. The van der Waals surface area contributed by atoms with Gasteiger partial charge in [-0.15, -0.1) is 22.7 Å². The lowest BCUT2D eigenvalue weighted by molar-refractivity contribution is 0.669. The maximum Gasteiger partial charge on any atom is 0.136 e. The van der Waals surface area contributed by atoms with Gasteiger partial charge in [0.2, 0.25) is 0 Å². The molecule has 13 rings (SSSR count). The lowest BCUT2D eigenvalue weighted by Gasteiger charge is -2.08. The van der Waals surface area contributed by atoms with Gasteiger partial charge in [0.1, 0.15) is 11.2 Å². The molecule has 0 saturated carbocycles. The first-order valence-corrected chi connectivity index (χ1v) is 20.9. The molecule has 0 atom stereocenters. The number of thiophene rings is 2. The summed E-state index contributed by atoms with van der Waals surface area (Å²) in [5, 5.41) is 7.39. The molecule has 0 N–H and O–H groups in total. The SMILES string of the molecule is c1ccc(-n2c3ccccc3c3sc4cc(-c5ccc6c(c5)oc5cc(-c7cccc8c7sc7c9ccccc9n(-c9ccccc9)c87)ccc56)ccc4c32)cc1. The molecule has 0 radical (unpaired) electrons. The van der Waals surface area contributed by atoms with E-state index in [1.807, 2.05) is 22.7 Å². The monoisotopic (exact) mass is 762 g/mol. The van der Waals surface area contributed by atoms with E-state index >= 15 is 0 Å². The van der Waals surface area contributed by atoms with Gasteiger partial charge in [0.05, 0.1) is 31.5 Å². The molecule has 5 heteroatoms. The minimum atomic E-state index is 0.904. The summed E-state index contributed by atoms with van der Waals surface area (Å²) >= 11 is 3.77. The van der Waals surface area contributed by atoms with Crippen LogP contribution in [0.1, 0.15) is 0 Å². The average Bonchev–Trinajstić information content (AvgIpc) is 4.07. The Balaban J connectivity index is 0.925. The lowest BCUT2D eigenvalue weighted by Crippen LogP contribution is -1.92. The zero-order chi connectivity index (χ0) is 37.2. The molecule has 8 aromatic carbocycles. The summed E-state index contributed by atoms with van der Waals surface area (Å²) in [6.07, 6.45) is 0. The summed E-state index contributed by atoms with van der Waals surface area (Å²) in [6, 6.07) is 66.0. The number of rotatable bonds is 4. The summed E-state index contributed by atoms with van der Waals surface area (Å²) < 4.78 is 16.8. The lowest BCUT2D eigenvalue weighted by atomic mass is 10.0. The van der Waals surface area contributed by atoms with Crippen LogP contribution >= 0.6 is 22.7 Å². The molecule has 0 spiro atoms. The standard InChI is InChI=1S/C52H30N2OS2/c1-3-12-34(13-4-1)53-43-20-9-7-16-39(43)51-48(53)41-27-23-32(30-47(41)56-51)31-22-25-37-38-26-24-33(29-46(38)55-45(37)28-31)36-18-11-19-42-49-52(57-50(36)42)40-17-8-10-21-44(40)54(49)35-14-5-2-6-15-35/h1-30H. The molecule has 5 heterocycles. The van der Waals surface area contributed by atoms with Gasteiger partial charge in [-0.2, -0.15) is 0 Å². The van der Waals surface area contributed by atoms with Crippen LogP contribution < -0.4 is 0 Å². The number of hydrogen-bond acceptors (Lipinski definition) is 3. The highest BCUT2D eigenvalue weighted by molar-refractivity contribution is 7.27. The molecule has 266 valence electrons. The molecule has 0 amide bonds. The van der Waals surface area contributed by atoms with Gasteiger partial charge in [-0.25, -0.2) is 0 Å². The second kappa shape index (κ2) is 11.8. The van der Waals surface area contributed by atoms with Crippen molar-refractivity contribution in [3.05, 3.63) is 182 Å². The van der Waals surface area contributed by atoms with E-state index in [-0.39, 0.29) is 0 Å². The Morgan fingerprint density at radius 3 is 1.53 bits per heavy atom. The van der Waals surface area contributed by atoms with E-state index in [0.29, 0.717) is 0 Å². The van der Waals surface area contributed by atoms with Crippen molar-refractivity contribution in [2.45, 2.75) is 0 Å². The second-order valence-corrected chi connectivity index (χ2v) is 16.9. The Labute approximate surface area is 334 Å². The fraction of sp³-hybridized carbons (Fsp3) is 0. The second-order valence-electron chi connectivity index (χ2n) is 14.9. The molecular formula is C52H30N2OS2. The fourth-order valence-corrected chi connectivity index (χ4v) is 11.8. The van der Waals surface area contributed by atoms with Crippen LogP contribution in [0.25, 0.3) is 118 Å². The average molecular weight is 763 g/mol. The zero-order valence-corrected chi connectivity index (χ0v) is 32.1. The highest BCUT2D eigenvalue weighted by Crippen LogP contribution is 2.47. The predicted molar refractivity (Wildman–Crippen MR) is 244 cm³/mol. The maximum absolute atomic E-state index is 6.70. The molecule has 3 nitrogen and oxygen atoms in total. The Hall–Kier alpha value is -6.92. The van der Waals surface area contributed by atoms with E-state index in [9.17, 15) is 0 Å². The van der Waals surface area contributed by atoms with Gasteiger partial charge in [0.25, 0.3) is 0 Å². The molecule has 5 aromatic heterocycles. The minimum Gasteiger partial charge on any atom is -0.456 e. The van der Waals surface area contributed by atoms with Crippen LogP contribution in [-0.2, 0) is 0 Å². The number of fused-ring (bicyclic) bond motifs is 13. The Bertz CT molecular complexity index is 3750. The molecule has 0 saturated heterocycles. The van der Waals surface area contributed by atoms with E-state index in [0.717, 1.165) is 33.1 Å². The molecule has 57 heavy (non-hydrogen) atoms. The van der Waals surface area contributed by atoms with Gasteiger partial charge in [-0.1, -0.05) is 115 Å². The number of furan rings is 1. The highest BCUT2D eigenvalue weighted by Gasteiger charge is 2.21. The van der Waals surface area contributed by atoms with Crippen LogP contribution in [0, 0.1) is 0 Å². The maximum atomic E-state index is 6.70. The van der Waals surface area contributed by atoms with Crippen LogP contribution in [0.15, 0.2) is 186 Å². The molecule has 0 aliphatic carbocycles. The van der Waals surface area contributed by atoms with Crippen LogP contribution in [0.2, 0.25) is 0 Å². The Morgan fingerprint density at radius 2 is 0.860 bits per heavy atom. The smallest absolute Gasteiger partial charge is 0.136 e. The highest BCUT2D eigenvalue weighted by atomic mass is 32.1. The van der Waals surface area contributed by atoms with E-state index in [1.165, 1.54) is 84.9 Å². The van der Waals surface area contributed by atoms with Gasteiger partial charge < -0.3 is 13.6 Å². The third-order valence-electron chi connectivity index (χ3n) is 11.7. The number of benzene rings is 8. The van der Waals surface area contributed by atoms with E-state index in [4.69, 9.17) is 4.42 Å². The topological polar surface area (TPSA) is 23.0 Å². The van der Waals surface area contributed by atoms with Crippen molar-refractivity contribution >= 4 is 107 Å². The summed E-state index contributed by atoms with van der Waals surface area (Å²) in [4.78, 5) is 0. The van der Waals surface area contributed by atoms with E-state index in [2.05, 4.69) is 191 Å². The normalized spacial score (nSPS) is 12.2.